The van der Waals surface area contributed by atoms with Crippen molar-refractivity contribution in [2.24, 2.45) is 7.05 Å². The minimum atomic E-state index is -1.04. The van der Waals surface area contributed by atoms with E-state index >= 15 is 0 Å². The number of nitrogens with zero attached hydrogens (tertiary/aromatic N) is 4. The summed E-state index contributed by atoms with van der Waals surface area (Å²) in [5, 5.41) is 24.8. The van der Waals surface area contributed by atoms with Gasteiger partial charge in [-0.2, -0.15) is 10.4 Å². The summed E-state index contributed by atoms with van der Waals surface area (Å²) >= 11 is 0. The molecule has 0 saturated heterocycles. The molecule has 0 radical (unpaired) electrons. The SMILES string of the molecule is Cn1nc(C#N)c2ccc(-c3cncc4c3COCC4(C)O)cc21. The van der Waals surface area contributed by atoms with Crippen molar-refractivity contribution in [2.45, 2.75) is 19.1 Å². The van der Waals surface area contributed by atoms with Gasteiger partial charge >= 0.3 is 0 Å². The molecule has 0 spiro atoms. The molecular weight excluding hydrogens is 304 g/mol. The van der Waals surface area contributed by atoms with Gasteiger partial charge < -0.3 is 9.84 Å². The lowest BCUT2D eigenvalue weighted by atomic mass is 9.88. The summed E-state index contributed by atoms with van der Waals surface area (Å²) < 4.78 is 7.27. The lowest BCUT2D eigenvalue weighted by molar-refractivity contribution is -0.0603. The Kier molecular flexibility index (Phi) is 3.17. The van der Waals surface area contributed by atoms with E-state index < -0.39 is 5.60 Å². The van der Waals surface area contributed by atoms with E-state index in [-0.39, 0.29) is 6.61 Å². The zero-order valence-corrected chi connectivity index (χ0v) is 13.4. The number of nitriles is 1. The van der Waals surface area contributed by atoms with Gasteiger partial charge in [0.25, 0.3) is 0 Å². The van der Waals surface area contributed by atoms with Crippen molar-refractivity contribution in [3.05, 3.63) is 47.4 Å². The lowest BCUT2D eigenvalue weighted by Crippen LogP contribution is -2.33. The van der Waals surface area contributed by atoms with Crippen LogP contribution in [0.5, 0.6) is 0 Å². The van der Waals surface area contributed by atoms with Crippen LogP contribution in [-0.2, 0) is 24.0 Å². The molecule has 1 aliphatic rings. The topological polar surface area (TPSA) is 84.0 Å². The van der Waals surface area contributed by atoms with Gasteiger partial charge in [0, 0.05) is 36.0 Å². The van der Waals surface area contributed by atoms with Crippen LogP contribution in [0.25, 0.3) is 22.0 Å². The van der Waals surface area contributed by atoms with Crippen molar-refractivity contribution in [3.8, 4) is 17.2 Å². The molecule has 6 nitrogen and oxygen atoms in total. The van der Waals surface area contributed by atoms with Crippen molar-refractivity contribution < 1.29 is 9.84 Å². The first kappa shape index (κ1) is 14.8. The minimum Gasteiger partial charge on any atom is -0.383 e. The molecule has 0 aliphatic carbocycles. The lowest BCUT2D eigenvalue weighted by Gasteiger charge is -2.31. The zero-order chi connectivity index (χ0) is 16.9. The van der Waals surface area contributed by atoms with E-state index in [0.29, 0.717) is 12.3 Å². The third-order valence-electron chi connectivity index (χ3n) is 4.54. The second kappa shape index (κ2) is 5.13. The van der Waals surface area contributed by atoms with Crippen molar-refractivity contribution >= 4 is 10.9 Å². The van der Waals surface area contributed by atoms with Crippen molar-refractivity contribution in [2.75, 3.05) is 6.61 Å². The van der Waals surface area contributed by atoms with Crippen LogP contribution in [0.1, 0.15) is 23.7 Å². The van der Waals surface area contributed by atoms with Crippen LogP contribution in [0.15, 0.2) is 30.6 Å². The van der Waals surface area contributed by atoms with E-state index in [2.05, 4.69) is 16.2 Å². The average Bonchev–Trinajstić information content (AvgIpc) is 2.90. The number of pyridine rings is 1. The number of aliphatic hydroxyl groups is 1. The molecule has 1 aromatic carbocycles. The van der Waals surface area contributed by atoms with Gasteiger partial charge in [-0.05, 0) is 30.2 Å². The predicted octanol–water partition coefficient (Wildman–Crippen LogP) is 2.24. The maximum Gasteiger partial charge on any atom is 0.170 e. The maximum absolute atomic E-state index is 10.5. The Morgan fingerprint density at radius 1 is 1.38 bits per heavy atom. The molecule has 24 heavy (non-hydrogen) atoms. The van der Waals surface area contributed by atoms with E-state index in [0.717, 1.165) is 33.2 Å². The Balaban J connectivity index is 1.93. The number of aryl methyl sites for hydroxylation is 1. The van der Waals surface area contributed by atoms with Gasteiger partial charge in [0.05, 0.1) is 18.7 Å². The normalized spacial score (nSPS) is 19.9. The van der Waals surface area contributed by atoms with Crippen LogP contribution in [0.4, 0.5) is 0 Å². The molecule has 1 aliphatic heterocycles. The van der Waals surface area contributed by atoms with Gasteiger partial charge in [0.2, 0.25) is 0 Å². The molecule has 120 valence electrons. The van der Waals surface area contributed by atoms with Crippen molar-refractivity contribution in [3.63, 3.8) is 0 Å². The fraction of sp³-hybridized carbons (Fsp3) is 0.278. The summed E-state index contributed by atoms with van der Waals surface area (Å²) in [5.74, 6) is 0. The molecule has 1 N–H and O–H groups in total. The van der Waals surface area contributed by atoms with Crippen LogP contribution in [0.3, 0.4) is 0 Å². The summed E-state index contributed by atoms with van der Waals surface area (Å²) in [6.45, 7) is 2.44. The quantitative estimate of drug-likeness (QED) is 0.743. The summed E-state index contributed by atoms with van der Waals surface area (Å²) in [6.07, 6.45) is 3.49. The number of rotatable bonds is 1. The van der Waals surface area contributed by atoms with Gasteiger partial charge in [-0.3, -0.25) is 9.67 Å². The number of hydrogen-bond acceptors (Lipinski definition) is 5. The Morgan fingerprint density at radius 3 is 3.00 bits per heavy atom. The first-order valence-electron chi connectivity index (χ1n) is 7.66. The zero-order valence-electron chi connectivity index (χ0n) is 13.4. The van der Waals surface area contributed by atoms with Crippen LogP contribution in [0.2, 0.25) is 0 Å². The summed E-state index contributed by atoms with van der Waals surface area (Å²) in [6, 6.07) is 7.95. The third kappa shape index (κ3) is 2.10. The van der Waals surface area contributed by atoms with Crippen molar-refractivity contribution in [1.29, 1.82) is 5.26 Å². The molecule has 6 heteroatoms. The highest BCUT2D eigenvalue weighted by molar-refractivity contribution is 5.88. The molecule has 4 rings (SSSR count). The number of aromatic nitrogens is 3. The van der Waals surface area contributed by atoms with Gasteiger partial charge in [0.15, 0.2) is 5.69 Å². The molecule has 3 aromatic rings. The third-order valence-corrected chi connectivity index (χ3v) is 4.54. The van der Waals surface area contributed by atoms with Crippen LogP contribution in [0, 0.1) is 11.3 Å². The molecule has 0 saturated carbocycles. The summed E-state index contributed by atoms with van der Waals surface area (Å²) in [5.41, 5.74) is 3.89. The first-order valence-corrected chi connectivity index (χ1v) is 7.66. The van der Waals surface area contributed by atoms with Crippen molar-refractivity contribution in [1.82, 2.24) is 14.8 Å². The van der Waals surface area contributed by atoms with Gasteiger partial charge in [-0.15, -0.1) is 0 Å². The molecular formula is C18H16N4O2. The van der Waals surface area contributed by atoms with Crippen LogP contribution in [-0.4, -0.2) is 26.5 Å². The van der Waals surface area contributed by atoms with Gasteiger partial charge in [-0.25, -0.2) is 0 Å². The highest BCUT2D eigenvalue weighted by Gasteiger charge is 2.32. The fourth-order valence-electron chi connectivity index (χ4n) is 3.29. The molecule has 3 heterocycles. The second-order valence-corrected chi connectivity index (χ2v) is 6.30. The van der Waals surface area contributed by atoms with E-state index in [1.807, 2.05) is 25.2 Å². The second-order valence-electron chi connectivity index (χ2n) is 6.30. The predicted molar refractivity (Wildman–Crippen MR) is 87.9 cm³/mol. The van der Waals surface area contributed by atoms with Crippen LogP contribution < -0.4 is 0 Å². The smallest absolute Gasteiger partial charge is 0.170 e. The monoisotopic (exact) mass is 320 g/mol. The summed E-state index contributed by atoms with van der Waals surface area (Å²) in [4.78, 5) is 4.30. The Morgan fingerprint density at radius 2 is 2.21 bits per heavy atom. The molecule has 2 aromatic heterocycles. The largest absolute Gasteiger partial charge is 0.383 e. The highest BCUT2D eigenvalue weighted by Crippen LogP contribution is 2.36. The number of benzene rings is 1. The molecule has 1 unspecified atom stereocenters. The molecule has 0 fully saturated rings. The van der Waals surface area contributed by atoms with E-state index in [4.69, 9.17) is 4.74 Å². The maximum atomic E-state index is 10.5. The molecule has 0 bridgehead atoms. The Hall–Kier alpha value is -2.75. The average molecular weight is 320 g/mol. The highest BCUT2D eigenvalue weighted by atomic mass is 16.5. The number of ether oxygens (including phenoxy) is 1. The first-order chi connectivity index (χ1) is 11.5. The Bertz CT molecular complexity index is 998. The molecule has 1 atom stereocenters. The Labute approximate surface area is 138 Å². The fourth-order valence-corrected chi connectivity index (χ4v) is 3.29. The molecule has 0 amide bonds. The van der Waals surface area contributed by atoms with Gasteiger partial charge in [-0.1, -0.05) is 6.07 Å². The van der Waals surface area contributed by atoms with Crippen LogP contribution >= 0.6 is 0 Å². The summed E-state index contributed by atoms with van der Waals surface area (Å²) in [7, 11) is 1.82. The van der Waals surface area contributed by atoms with E-state index in [9.17, 15) is 10.4 Å². The van der Waals surface area contributed by atoms with E-state index in [1.165, 1.54) is 0 Å². The minimum absolute atomic E-state index is 0.261. The number of hydrogen-bond donors (Lipinski definition) is 1. The van der Waals surface area contributed by atoms with E-state index in [1.54, 1.807) is 24.0 Å². The van der Waals surface area contributed by atoms with Gasteiger partial charge in [0.1, 0.15) is 11.7 Å². The number of fused-ring (bicyclic) bond motifs is 2. The standard InChI is InChI=1S/C18H16N4O2/c1-18(23)10-24-9-14-13(7-20-8-15(14)18)11-3-4-12-16(6-19)21-22(2)17(12)5-11/h3-5,7-8,23H,9-10H2,1-2H3.